The Hall–Kier alpha value is 4.09. The molecule has 0 aromatic heterocycles. The zero-order valence-corrected chi connectivity index (χ0v) is 20.8. The maximum Gasteiger partial charge on any atom is 4.00 e. The number of hydrogen-bond donors (Lipinski definition) is 0. The first kappa shape index (κ1) is 51.1. The molecule has 0 aliphatic heterocycles. The molecule has 0 N–H and O–H groups in total. The summed E-state index contributed by atoms with van der Waals surface area (Å²) in [6, 6.07) is 0. The molecule has 130 valence electrons. The van der Waals surface area contributed by atoms with Gasteiger partial charge in [0.05, 0.1) is 0 Å². The van der Waals surface area contributed by atoms with Gasteiger partial charge in [-0.05, 0) is 0 Å². The van der Waals surface area contributed by atoms with Crippen molar-refractivity contribution in [3.63, 3.8) is 0 Å². The molecule has 0 unspecified atom stereocenters. The molecule has 0 saturated carbocycles. The monoisotopic (exact) mass is 674 g/mol. The molecule has 0 saturated heterocycles. The molecule has 0 radical (unpaired) electrons. The minimum Gasteiger partial charge on any atom is 4.00 e. The zero-order chi connectivity index (χ0) is 18.0. The van der Waals surface area contributed by atoms with Crippen molar-refractivity contribution in [2.75, 3.05) is 0 Å². The van der Waals surface area contributed by atoms with Crippen LogP contribution in [0.1, 0.15) is 0 Å². The molecule has 0 aliphatic carbocycles. The molecule has 0 amide bonds. The van der Waals surface area contributed by atoms with Crippen molar-refractivity contribution in [3.8, 4) is 0 Å². The van der Waals surface area contributed by atoms with Gasteiger partial charge in [0.2, 0.25) is 0 Å². The number of hydrogen-bond acceptors (Lipinski definition) is 16. The quantitative estimate of drug-likeness (QED) is 0.170. The topological polar surface area (TPSA) is 345 Å². The summed E-state index contributed by atoms with van der Waals surface area (Å²) in [5.41, 5.74) is 0. The van der Waals surface area contributed by atoms with Gasteiger partial charge in [-0.15, -0.1) is 0 Å². The Bertz CT molecular complexity index is 298. The third-order valence-corrected chi connectivity index (χ3v) is 0. The molecule has 0 heterocycles. The molecule has 0 atom stereocenters. The summed E-state index contributed by atoms with van der Waals surface area (Å²) in [6.07, 6.45) is 0. The Morgan fingerprint density at radius 1 is 0.333 bits per heavy atom. The van der Waals surface area contributed by atoms with Gasteiger partial charge in [0.25, 0.3) is 0 Å². The normalized spacial score (nSPS) is 9.83. The summed E-state index contributed by atoms with van der Waals surface area (Å²) >= 11 is 0. The number of rotatable bonds is 0. The van der Waals surface area contributed by atoms with Crippen LogP contribution >= 0.6 is 31.3 Å². The Balaban J connectivity index is -0.0000000225. The Kier molecular flexibility index (Phi) is 49.7. The number of phosphoric acid groups is 4. The average Bonchev–Trinajstić information content (AvgIpc) is 1.62. The van der Waals surface area contributed by atoms with E-state index in [1.165, 1.54) is 0 Å². The van der Waals surface area contributed by atoms with Crippen LogP contribution in [0.4, 0.5) is 0 Å². The van der Waals surface area contributed by atoms with E-state index in [2.05, 4.69) is 0 Å². The molecule has 24 heteroatoms. The van der Waals surface area contributed by atoms with E-state index in [9.17, 15) is 0 Å². The summed E-state index contributed by atoms with van der Waals surface area (Å²) < 4.78 is 34.2. The van der Waals surface area contributed by atoms with Gasteiger partial charge in [-0.2, -0.15) is 31.3 Å². The van der Waals surface area contributed by atoms with Gasteiger partial charge in [0.15, 0.2) is 0 Å². The van der Waals surface area contributed by atoms with Crippen molar-refractivity contribution >= 4 is 60.8 Å². The first-order valence-electron chi connectivity index (χ1n) is 2.92. The molecule has 0 rings (SSSR count). The van der Waals surface area contributed by atoms with E-state index in [0.29, 0.717) is 0 Å². The molecular formula is HNaO16P4Zr3. The van der Waals surface area contributed by atoms with E-state index >= 15 is 0 Å². The largest absolute Gasteiger partial charge is 4.00 e. The maximum atomic E-state index is 8.55. The Labute approximate surface area is 213 Å². The molecule has 0 aromatic rings. The smallest absolute Gasteiger partial charge is 4.00 e. The minimum atomic E-state index is -5.39. The molecule has 0 aromatic carbocycles. The van der Waals surface area contributed by atoms with Crippen LogP contribution in [0.15, 0.2) is 0 Å². The molecule has 0 fully saturated rings. The molecule has 0 aliphatic rings. The minimum absolute atomic E-state index is 0. The summed E-state index contributed by atoms with van der Waals surface area (Å²) in [7, 11) is -21.6. The zero-order valence-electron chi connectivity index (χ0n) is 9.82. The summed E-state index contributed by atoms with van der Waals surface area (Å²) in [5.74, 6) is 0. The van der Waals surface area contributed by atoms with E-state index in [1.54, 1.807) is 0 Å². The Morgan fingerprint density at radius 3 is 0.333 bits per heavy atom. The molecular weight excluding hydrogens is 677 g/mol. The van der Waals surface area contributed by atoms with Crippen LogP contribution in [-0.2, 0) is 96.9 Å². The van der Waals surface area contributed by atoms with Gasteiger partial charge in [-0.3, -0.25) is 0 Å². The predicted molar refractivity (Wildman–Crippen MR) is 37.6 cm³/mol. The standard InChI is InChI=1S/Na.4H3O4P.3Zr.H/c;4*1-5(2,3)4;;;;/h;4*(H3,1,2,3,4);;;;/q;;;;;3*+4;/p-12. The second kappa shape index (κ2) is 23.4. The second-order valence-corrected chi connectivity index (χ2v) is 5.37. The van der Waals surface area contributed by atoms with Crippen LogP contribution in [-0.4, -0.2) is 29.6 Å². The summed E-state index contributed by atoms with van der Waals surface area (Å²) in [5, 5.41) is 0. The van der Waals surface area contributed by atoms with Gasteiger partial charge in [0.1, 0.15) is 0 Å². The molecule has 0 spiro atoms. The van der Waals surface area contributed by atoms with Crippen molar-refractivity contribution < 1.29 is 156 Å². The van der Waals surface area contributed by atoms with Crippen LogP contribution in [0.5, 0.6) is 0 Å². The van der Waals surface area contributed by atoms with Gasteiger partial charge < -0.3 is 77.0 Å². The first-order chi connectivity index (χ1) is 8.00. The molecule has 24 heavy (non-hydrogen) atoms. The fraction of sp³-hybridized carbons (Fsp3) is 0. The molecule has 16 nitrogen and oxygen atoms in total. The van der Waals surface area contributed by atoms with E-state index in [-0.39, 0.29) is 108 Å². The van der Waals surface area contributed by atoms with E-state index in [4.69, 9.17) is 77.0 Å². The molecule has 0 bridgehead atoms. The van der Waals surface area contributed by atoms with E-state index in [1.807, 2.05) is 0 Å². The van der Waals surface area contributed by atoms with Crippen LogP contribution in [0.3, 0.4) is 0 Å². The van der Waals surface area contributed by atoms with Crippen molar-refractivity contribution in [2.45, 2.75) is 0 Å². The predicted octanol–water partition coefficient (Wildman–Crippen LogP) is -12.0. The van der Waals surface area contributed by atoms with Crippen LogP contribution in [0, 0.1) is 0 Å². The first-order valence-corrected chi connectivity index (χ1v) is 8.76. The Morgan fingerprint density at radius 2 is 0.333 bits per heavy atom. The average molecular weight is 678 g/mol. The van der Waals surface area contributed by atoms with Crippen LogP contribution in [0.25, 0.3) is 0 Å². The third-order valence-electron chi connectivity index (χ3n) is 0. The fourth-order valence-corrected chi connectivity index (χ4v) is 0. The second-order valence-electron chi connectivity index (χ2n) is 1.79. The van der Waals surface area contributed by atoms with Crippen LogP contribution < -0.4 is 58.7 Å². The van der Waals surface area contributed by atoms with Crippen molar-refractivity contribution in [1.29, 1.82) is 0 Å². The van der Waals surface area contributed by atoms with Gasteiger partial charge in [0, 0.05) is 0 Å². The van der Waals surface area contributed by atoms with Crippen molar-refractivity contribution in [2.24, 2.45) is 0 Å². The van der Waals surface area contributed by atoms with Gasteiger partial charge >= 0.3 is 108 Å². The maximum absolute atomic E-state index is 8.55. The third kappa shape index (κ3) is 982. The van der Waals surface area contributed by atoms with Crippen LogP contribution in [0.2, 0.25) is 0 Å². The SMILES string of the molecule is O=P([O-])([O-])[O-].O=P([O-])([O-])[O-].O=P([O-])([O-])[O-].O=P([O-])([O-])[O-].[NaH].[Zr+4].[Zr+4].[Zr+4]. The summed E-state index contributed by atoms with van der Waals surface area (Å²) in [4.78, 5) is 103. The van der Waals surface area contributed by atoms with Gasteiger partial charge in [-0.1, -0.05) is 0 Å². The van der Waals surface area contributed by atoms with E-state index in [0.717, 1.165) is 0 Å². The fourth-order valence-electron chi connectivity index (χ4n) is 0. The van der Waals surface area contributed by atoms with Crippen molar-refractivity contribution in [1.82, 2.24) is 0 Å². The van der Waals surface area contributed by atoms with Crippen molar-refractivity contribution in [3.05, 3.63) is 0 Å². The summed E-state index contributed by atoms with van der Waals surface area (Å²) in [6.45, 7) is 0. The van der Waals surface area contributed by atoms with E-state index < -0.39 is 31.3 Å². The van der Waals surface area contributed by atoms with Gasteiger partial charge in [-0.25, -0.2) is 0 Å².